The summed E-state index contributed by atoms with van der Waals surface area (Å²) in [7, 11) is 1.73. The average Bonchev–Trinajstić information content (AvgIpc) is 2.47. The van der Waals surface area contributed by atoms with E-state index in [9.17, 15) is 0 Å². The second kappa shape index (κ2) is 4.75. The van der Waals surface area contributed by atoms with Gasteiger partial charge in [0.2, 0.25) is 0 Å². The van der Waals surface area contributed by atoms with Gasteiger partial charge in [-0.15, -0.1) is 17.5 Å². The van der Waals surface area contributed by atoms with E-state index in [1.807, 2.05) is 0 Å². The molecule has 0 unspecified atom stereocenters. The second-order valence-corrected chi connectivity index (χ2v) is 2.05. The first-order chi connectivity index (χ1) is 6.49. The highest BCUT2D eigenvalue weighted by atomic mass is 35.5. The lowest BCUT2D eigenvalue weighted by atomic mass is 10.4. The van der Waals surface area contributed by atoms with Gasteiger partial charge in [0.1, 0.15) is 0 Å². The Labute approximate surface area is 83.5 Å². The second-order valence-electron chi connectivity index (χ2n) is 2.05. The fraction of sp³-hybridized carbons (Fsp3) is 0.429. The minimum atomic E-state index is -2.38. The first-order valence-corrected chi connectivity index (χ1v) is 3.10. The van der Waals surface area contributed by atoms with Crippen LogP contribution in [0.5, 0.6) is 0 Å². The van der Waals surface area contributed by atoms with E-state index < -0.39 is 6.98 Å². The van der Waals surface area contributed by atoms with E-state index >= 15 is 0 Å². The molecule has 68 valence electrons. The van der Waals surface area contributed by atoms with Crippen LogP contribution >= 0.6 is 12.4 Å². The predicted molar refractivity (Wildman–Crippen MR) is 51.6 cm³/mol. The van der Waals surface area contributed by atoms with Crippen molar-refractivity contribution in [2.45, 2.75) is 6.54 Å². The highest BCUT2D eigenvalue weighted by Gasteiger charge is 2.02. The van der Waals surface area contributed by atoms with Crippen LogP contribution in [-0.4, -0.2) is 16.8 Å². The Morgan fingerprint density at radius 3 is 3.17 bits per heavy atom. The number of nitrogens with one attached hydrogen (secondary N) is 1. The Hall–Kier alpha value is -1.05. The van der Waals surface area contributed by atoms with Gasteiger partial charge in [-0.2, -0.15) is 0 Å². The van der Waals surface area contributed by atoms with Crippen LogP contribution in [0.15, 0.2) is 6.07 Å². The van der Waals surface area contributed by atoms with Crippen molar-refractivity contribution in [3.8, 4) is 0 Å². The van der Waals surface area contributed by atoms with Gasteiger partial charge in [0.15, 0.2) is 0 Å². The molecule has 0 fully saturated rings. The van der Waals surface area contributed by atoms with Crippen LogP contribution in [0, 0.1) is 6.57 Å². The summed E-state index contributed by atoms with van der Waals surface area (Å²) in [6, 6.07) is 1.47. The maximum Gasteiger partial charge on any atom is 0.252 e. The van der Waals surface area contributed by atoms with E-state index in [0.29, 0.717) is 12.2 Å². The van der Waals surface area contributed by atoms with Gasteiger partial charge in [0.25, 0.3) is 5.82 Å². The van der Waals surface area contributed by atoms with Gasteiger partial charge in [-0.25, -0.2) is 4.68 Å². The fourth-order valence-electron chi connectivity index (χ4n) is 0.766. The number of aromatic nitrogens is 2. The largest absolute Gasteiger partial charge is 0.362 e. The van der Waals surface area contributed by atoms with Crippen molar-refractivity contribution in [1.82, 2.24) is 15.1 Å². The van der Waals surface area contributed by atoms with Gasteiger partial charge in [-0.05, 0) is 13.1 Å². The minimum absolute atomic E-state index is 0. The molecule has 0 saturated carbocycles. The molecule has 0 spiro atoms. The lowest BCUT2D eigenvalue weighted by molar-refractivity contribution is 0.719. The summed E-state index contributed by atoms with van der Waals surface area (Å²) in [6.45, 7) is 4.87. The SMILES string of the molecule is Cl.[2H]C([2H])([2H])n1nc(CNC)cc1[N+]#[C-].[HH]. The van der Waals surface area contributed by atoms with Crippen LogP contribution < -0.4 is 5.32 Å². The first-order valence-electron chi connectivity index (χ1n) is 4.60. The number of aryl methyl sites for hydroxylation is 1. The van der Waals surface area contributed by atoms with Gasteiger partial charge in [-0.1, -0.05) is 6.57 Å². The van der Waals surface area contributed by atoms with Crippen LogP contribution in [0.3, 0.4) is 0 Å². The zero-order chi connectivity index (χ0) is 10.8. The van der Waals surface area contributed by atoms with E-state index in [2.05, 4.69) is 15.3 Å². The van der Waals surface area contributed by atoms with Crippen molar-refractivity contribution >= 4 is 18.2 Å². The number of rotatable bonds is 2. The van der Waals surface area contributed by atoms with Gasteiger partial charge >= 0.3 is 0 Å². The molecule has 0 aliphatic carbocycles. The summed E-state index contributed by atoms with van der Waals surface area (Å²) >= 11 is 0. The summed E-state index contributed by atoms with van der Waals surface area (Å²) < 4.78 is 22.2. The minimum Gasteiger partial charge on any atom is -0.362 e. The van der Waals surface area contributed by atoms with Crippen molar-refractivity contribution in [1.29, 1.82) is 0 Å². The van der Waals surface area contributed by atoms with Gasteiger partial charge in [0, 0.05) is 7.97 Å². The summed E-state index contributed by atoms with van der Waals surface area (Å²) in [4.78, 5) is 3.10. The van der Waals surface area contributed by atoms with Crippen LogP contribution in [0.1, 0.15) is 11.2 Å². The summed E-state index contributed by atoms with van der Waals surface area (Å²) in [5, 5.41) is 6.66. The molecule has 0 aliphatic rings. The van der Waals surface area contributed by atoms with Crippen molar-refractivity contribution in [3.63, 3.8) is 0 Å². The molecule has 12 heavy (non-hydrogen) atoms. The molecule has 1 N–H and O–H groups in total. The quantitative estimate of drug-likeness (QED) is 0.717. The van der Waals surface area contributed by atoms with Crippen molar-refractivity contribution in [2.24, 2.45) is 6.98 Å². The molecule has 0 aromatic carbocycles. The number of hydrogen-bond acceptors (Lipinski definition) is 2. The van der Waals surface area contributed by atoms with Crippen LogP contribution in [0.25, 0.3) is 4.85 Å². The van der Waals surface area contributed by atoms with Crippen molar-refractivity contribution in [2.75, 3.05) is 7.05 Å². The smallest absolute Gasteiger partial charge is 0.252 e. The Balaban J connectivity index is 0. The Morgan fingerprint density at radius 2 is 2.75 bits per heavy atom. The zero-order valence-corrected chi connectivity index (χ0v) is 7.35. The number of halogens is 1. The maximum atomic E-state index is 7.13. The molecular weight excluding hydrogens is 176 g/mol. The van der Waals surface area contributed by atoms with Crippen LogP contribution in [0.2, 0.25) is 0 Å². The average molecular weight is 192 g/mol. The molecule has 0 amide bonds. The van der Waals surface area contributed by atoms with Gasteiger partial charge in [0.05, 0.1) is 16.8 Å². The number of nitrogens with zero attached hydrogens (tertiary/aromatic N) is 3. The molecule has 5 heteroatoms. The molecule has 0 atom stereocenters. The molecule has 1 aromatic heterocycles. The summed E-state index contributed by atoms with van der Waals surface area (Å²) in [6.07, 6.45) is 0. The fourth-order valence-corrected chi connectivity index (χ4v) is 0.766. The highest BCUT2D eigenvalue weighted by molar-refractivity contribution is 5.85. The summed E-state index contributed by atoms with van der Waals surface area (Å²) in [5.41, 5.74) is 0.551. The van der Waals surface area contributed by atoms with Gasteiger partial charge in [-0.3, -0.25) is 0 Å². The molecule has 1 rings (SSSR count). The molecule has 0 bridgehead atoms. The van der Waals surface area contributed by atoms with E-state index in [1.165, 1.54) is 6.07 Å². The highest BCUT2D eigenvalue weighted by Crippen LogP contribution is 2.11. The molecule has 0 radical (unpaired) electrons. The zero-order valence-electron chi connectivity index (χ0n) is 9.53. The van der Waals surface area contributed by atoms with Crippen LogP contribution in [-0.2, 0) is 13.5 Å². The third-order valence-corrected chi connectivity index (χ3v) is 1.21. The van der Waals surface area contributed by atoms with E-state index in [0.717, 1.165) is 4.68 Å². The molecule has 0 aliphatic heterocycles. The normalized spacial score (nSPS) is 13.5. The molecular formula is C7H13ClN4. The Bertz CT molecular complexity index is 367. The maximum absolute atomic E-state index is 7.13. The Kier molecular flexibility index (Phi) is 2.56. The van der Waals surface area contributed by atoms with E-state index in [1.54, 1.807) is 7.05 Å². The standard InChI is InChI=1S/C7H10N4.ClH.H2/c1-8-5-6-4-7(9-2)11(3)10-6;;/h4,8H,5H2,1,3H3;2*1H/i3D3;;. The number of hydrogen-bond donors (Lipinski definition) is 1. The molecule has 4 nitrogen and oxygen atoms in total. The van der Waals surface area contributed by atoms with Crippen molar-refractivity contribution < 1.29 is 5.54 Å². The summed E-state index contributed by atoms with van der Waals surface area (Å²) in [5.74, 6) is 0.0373. The monoisotopic (exact) mass is 191 g/mol. The lowest BCUT2D eigenvalue weighted by Crippen LogP contribution is -2.05. The van der Waals surface area contributed by atoms with Crippen molar-refractivity contribution in [3.05, 3.63) is 23.2 Å². The predicted octanol–water partition coefficient (Wildman–Crippen LogP) is 1.36. The third kappa shape index (κ3) is 2.22. The van der Waals surface area contributed by atoms with E-state index in [4.69, 9.17) is 10.7 Å². The molecule has 1 aromatic rings. The van der Waals surface area contributed by atoms with E-state index in [-0.39, 0.29) is 19.7 Å². The molecule has 1 heterocycles. The topological polar surface area (TPSA) is 34.2 Å². The first kappa shape index (κ1) is 6.46. The third-order valence-electron chi connectivity index (χ3n) is 1.21. The lowest BCUT2D eigenvalue weighted by Gasteiger charge is -1.88. The van der Waals surface area contributed by atoms with Crippen LogP contribution in [0.4, 0.5) is 5.82 Å². The van der Waals surface area contributed by atoms with Gasteiger partial charge < -0.3 is 10.2 Å². The Morgan fingerprint density at radius 1 is 2.00 bits per heavy atom. The molecule has 0 saturated heterocycles.